The van der Waals surface area contributed by atoms with E-state index in [1.54, 1.807) is 11.1 Å². The molecule has 7 nitrogen and oxygen atoms in total. The third kappa shape index (κ3) is 3.01. The summed E-state index contributed by atoms with van der Waals surface area (Å²) in [6, 6.07) is 0.679. The number of hydrogen-bond donors (Lipinski definition) is 1. The Kier molecular flexibility index (Phi) is 3.53. The maximum absolute atomic E-state index is 12.7. The summed E-state index contributed by atoms with van der Waals surface area (Å²) in [4.78, 5) is 16.8. The lowest BCUT2D eigenvalue weighted by atomic mass is 10.3. The van der Waals surface area contributed by atoms with E-state index in [0.29, 0.717) is 6.42 Å². The summed E-state index contributed by atoms with van der Waals surface area (Å²) in [5.74, 6) is -0.760. The van der Waals surface area contributed by atoms with Gasteiger partial charge in [0.1, 0.15) is 0 Å². The molecule has 2 heterocycles. The molecule has 124 valence electrons. The summed E-state index contributed by atoms with van der Waals surface area (Å²) in [5.41, 5.74) is 4.23. The van der Waals surface area contributed by atoms with Gasteiger partial charge in [0.15, 0.2) is 5.69 Å². The van der Waals surface area contributed by atoms with Crippen molar-refractivity contribution >= 4 is 12.1 Å². The van der Waals surface area contributed by atoms with Crippen molar-refractivity contribution in [2.45, 2.75) is 24.9 Å². The van der Waals surface area contributed by atoms with Gasteiger partial charge in [0.25, 0.3) is 0 Å². The van der Waals surface area contributed by atoms with Crippen LogP contribution in [-0.2, 0) is 18.0 Å². The van der Waals surface area contributed by atoms with Crippen LogP contribution in [0.3, 0.4) is 0 Å². The Labute approximate surface area is 129 Å². The van der Waals surface area contributed by atoms with E-state index in [9.17, 15) is 18.0 Å². The van der Waals surface area contributed by atoms with E-state index in [1.165, 1.54) is 19.5 Å². The molecular formula is C13H14F3N5O2. The first-order valence-electron chi connectivity index (χ1n) is 6.82. The van der Waals surface area contributed by atoms with Crippen LogP contribution in [0.4, 0.5) is 13.2 Å². The molecule has 2 aliphatic rings. The number of nitrogens with two attached hydrogens (primary N) is 1. The minimum atomic E-state index is -4.55. The third-order valence-corrected chi connectivity index (χ3v) is 3.71. The highest BCUT2D eigenvalue weighted by atomic mass is 19.4. The van der Waals surface area contributed by atoms with Gasteiger partial charge in [-0.05, 0) is 6.42 Å². The topological polar surface area (TPSA) is 85.7 Å². The zero-order valence-electron chi connectivity index (χ0n) is 12.1. The number of carbonyl (C=O) groups excluding carboxylic acids is 1. The van der Waals surface area contributed by atoms with Crippen molar-refractivity contribution in [3.05, 3.63) is 24.2 Å². The van der Waals surface area contributed by atoms with Crippen LogP contribution in [0, 0.1) is 5.92 Å². The van der Waals surface area contributed by atoms with Crippen molar-refractivity contribution in [2.75, 3.05) is 0 Å². The Morgan fingerprint density at radius 1 is 1.48 bits per heavy atom. The van der Waals surface area contributed by atoms with E-state index in [0.717, 1.165) is 10.7 Å². The average Bonchev–Trinajstić information content (AvgIpc) is 3.18. The van der Waals surface area contributed by atoms with Gasteiger partial charge in [-0.2, -0.15) is 18.3 Å². The first kappa shape index (κ1) is 15.4. The van der Waals surface area contributed by atoms with Gasteiger partial charge in [-0.15, -0.1) is 0 Å². The molecule has 1 amide bonds. The molecule has 23 heavy (non-hydrogen) atoms. The van der Waals surface area contributed by atoms with Gasteiger partial charge in [-0.1, -0.05) is 0 Å². The number of nitrogens with zero attached hydrogens (tertiary/aromatic N) is 4. The van der Waals surface area contributed by atoms with Crippen LogP contribution >= 0.6 is 0 Å². The van der Waals surface area contributed by atoms with Crippen LogP contribution in [0.1, 0.15) is 12.1 Å². The fraction of sp³-hybridized carbons (Fsp3) is 0.462. The van der Waals surface area contributed by atoms with Crippen molar-refractivity contribution < 1.29 is 22.7 Å². The van der Waals surface area contributed by atoms with Gasteiger partial charge in [-0.25, -0.2) is 4.68 Å². The van der Waals surface area contributed by atoms with Gasteiger partial charge in [0, 0.05) is 31.6 Å². The maximum Gasteiger partial charge on any atom is 0.435 e. The lowest BCUT2D eigenvalue weighted by Crippen LogP contribution is -2.41. The molecule has 3 unspecified atom stereocenters. The highest BCUT2D eigenvalue weighted by Crippen LogP contribution is 2.38. The summed E-state index contributed by atoms with van der Waals surface area (Å²) in [6.07, 6.45) is -0.123. The van der Waals surface area contributed by atoms with Crippen molar-refractivity contribution in [3.63, 3.8) is 0 Å². The molecule has 1 aromatic rings. The van der Waals surface area contributed by atoms with E-state index in [4.69, 9.17) is 10.5 Å². The van der Waals surface area contributed by atoms with Crippen LogP contribution < -0.4 is 10.5 Å². The fourth-order valence-electron chi connectivity index (χ4n) is 2.43. The molecule has 1 aromatic heterocycles. The predicted octanol–water partition coefficient (Wildman–Crippen LogP) is 0.875. The Hall–Kier alpha value is -2.52. The second kappa shape index (κ2) is 5.28. The van der Waals surface area contributed by atoms with Gasteiger partial charge in [0.05, 0.1) is 12.1 Å². The molecule has 1 saturated carbocycles. The Morgan fingerprint density at radius 3 is 2.78 bits per heavy atom. The molecule has 0 radical (unpaired) electrons. The van der Waals surface area contributed by atoms with E-state index < -0.39 is 24.0 Å². The number of aryl methyl sites for hydroxylation is 1. The standard InChI is InChI=1S/C13H14F3N5O2/c1-20-10(5-9(19-20)13(14,15)16)23-11-6-18-2-3-21(11)8-4-7(8)12(17)22/h2-3,5-8,11H,4H2,1H3,(H2,17,22). The quantitative estimate of drug-likeness (QED) is 0.888. The smallest absolute Gasteiger partial charge is 0.435 e. The SMILES string of the molecule is Cn1nc(C(F)(F)F)cc1OC1C=NC=CN1C1CC1C(N)=O. The normalized spacial score (nSPS) is 26.4. The van der Waals surface area contributed by atoms with Gasteiger partial charge < -0.3 is 15.4 Å². The molecule has 3 rings (SSSR count). The summed E-state index contributed by atoms with van der Waals surface area (Å²) in [6.45, 7) is 0. The first-order valence-corrected chi connectivity index (χ1v) is 6.82. The lowest BCUT2D eigenvalue weighted by Gasteiger charge is -2.29. The van der Waals surface area contributed by atoms with Crippen LogP contribution in [0.5, 0.6) is 5.88 Å². The van der Waals surface area contributed by atoms with E-state index in [2.05, 4.69) is 10.1 Å². The number of aliphatic imine (C=N–C) groups is 1. The van der Waals surface area contributed by atoms with Crippen molar-refractivity contribution in [3.8, 4) is 5.88 Å². The number of hydrogen-bond acceptors (Lipinski definition) is 5. The molecule has 1 aliphatic carbocycles. The van der Waals surface area contributed by atoms with Crippen LogP contribution in [0.2, 0.25) is 0 Å². The summed E-state index contributed by atoms with van der Waals surface area (Å²) < 4.78 is 44.6. The van der Waals surface area contributed by atoms with Crippen molar-refractivity contribution in [1.82, 2.24) is 14.7 Å². The molecule has 1 fully saturated rings. The average molecular weight is 329 g/mol. The number of rotatable bonds is 4. The Bertz CT molecular complexity index is 682. The second-order valence-corrected chi connectivity index (χ2v) is 5.35. The second-order valence-electron chi connectivity index (χ2n) is 5.35. The van der Waals surface area contributed by atoms with Crippen LogP contribution in [-0.4, -0.2) is 39.1 Å². The molecule has 1 aliphatic heterocycles. The number of halogens is 3. The Balaban J connectivity index is 1.76. The molecule has 10 heteroatoms. The van der Waals surface area contributed by atoms with Crippen LogP contribution in [0.15, 0.2) is 23.5 Å². The molecule has 0 aromatic carbocycles. The number of alkyl halides is 3. The largest absolute Gasteiger partial charge is 0.448 e. The van der Waals surface area contributed by atoms with Crippen molar-refractivity contribution in [1.29, 1.82) is 0 Å². The number of carbonyl (C=O) groups is 1. The maximum atomic E-state index is 12.7. The zero-order valence-corrected chi connectivity index (χ0v) is 12.1. The van der Waals surface area contributed by atoms with E-state index in [-0.39, 0.29) is 17.8 Å². The number of aromatic nitrogens is 2. The number of amides is 1. The highest BCUT2D eigenvalue weighted by molar-refractivity contribution is 5.80. The molecule has 2 N–H and O–H groups in total. The summed E-state index contributed by atoms with van der Waals surface area (Å²) in [5, 5.41) is 3.39. The minimum absolute atomic E-state index is 0.0506. The zero-order chi connectivity index (χ0) is 16.8. The molecule has 3 atom stereocenters. The third-order valence-electron chi connectivity index (χ3n) is 3.71. The summed E-state index contributed by atoms with van der Waals surface area (Å²) >= 11 is 0. The first-order chi connectivity index (χ1) is 10.8. The van der Waals surface area contributed by atoms with Gasteiger partial charge >= 0.3 is 6.18 Å². The van der Waals surface area contributed by atoms with Gasteiger partial charge in [-0.3, -0.25) is 9.79 Å². The molecule has 0 spiro atoms. The molecule has 0 bridgehead atoms. The molecular weight excluding hydrogens is 315 g/mol. The highest BCUT2D eigenvalue weighted by Gasteiger charge is 2.48. The molecule has 0 saturated heterocycles. The summed E-state index contributed by atoms with van der Waals surface area (Å²) in [7, 11) is 1.36. The lowest BCUT2D eigenvalue weighted by molar-refractivity contribution is -0.141. The van der Waals surface area contributed by atoms with E-state index >= 15 is 0 Å². The monoisotopic (exact) mass is 329 g/mol. The van der Waals surface area contributed by atoms with Gasteiger partial charge in [0.2, 0.25) is 18.0 Å². The van der Waals surface area contributed by atoms with E-state index in [1.807, 2.05) is 0 Å². The fourth-order valence-corrected chi connectivity index (χ4v) is 2.43. The van der Waals surface area contributed by atoms with Crippen LogP contribution in [0.25, 0.3) is 0 Å². The Morgan fingerprint density at radius 2 is 2.22 bits per heavy atom. The number of primary amides is 1. The minimum Gasteiger partial charge on any atom is -0.448 e. The number of ether oxygens (including phenoxy) is 1. The van der Waals surface area contributed by atoms with Crippen molar-refractivity contribution in [2.24, 2.45) is 23.7 Å². The predicted molar refractivity (Wildman–Crippen MR) is 73.2 cm³/mol.